The predicted molar refractivity (Wildman–Crippen MR) is 164 cm³/mol. The zero-order valence-electron chi connectivity index (χ0n) is 23.8. The molecule has 1 N–H and O–H groups in total. The Morgan fingerprint density at radius 3 is 2.17 bits per heavy atom. The summed E-state index contributed by atoms with van der Waals surface area (Å²) in [4.78, 5) is 27.4. The molecule has 42 heavy (non-hydrogen) atoms. The second kappa shape index (κ2) is 12.7. The minimum Gasteiger partial charge on any atom is -0.493 e. The fraction of sp³-hybridized carbons (Fsp3) is 0.257. The Kier molecular flexibility index (Phi) is 8.83. The van der Waals surface area contributed by atoms with Gasteiger partial charge in [-0.25, -0.2) is 0 Å². The van der Waals surface area contributed by atoms with Crippen LogP contribution in [0.5, 0.6) is 11.5 Å². The fourth-order valence-electron chi connectivity index (χ4n) is 5.68. The summed E-state index contributed by atoms with van der Waals surface area (Å²) in [6.07, 6.45) is 1.09. The third-order valence-corrected chi connectivity index (χ3v) is 7.94. The molecule has 0 unspecified atom stereocenters. The molecule has 0 fully saturated rings. The van der Waals surface area contributed by atoms with E-state index in [9.17, 15) is 14.7 Å². The van der Waals surface area contributed by atoms with Crippen molar-refractivity contribution in [3.63, 3.8) is 0 Å². The van der Waals surface area contributed by atoms with E-state index in [1.54, 1.807) is 18.1 Å². The van der Waals surface area contributed by atoms with E-state index in [2.05, 4.69) is 0 Å². The second-order valence-corrected chi connectivity index (χ2v) is 11.4. The molecule has 216 valence electrons. The molecule has 0 saturated carbocycles. The van der Waals surface area contributed by atoms with E-state index in [1.807, 2.05) is 97.9 Å². The minimum atomic E-state index is -0.957. The van der Waals surface area contributed by atoms with Gasteiger partial charge in [-0.1, -0.05) is 84.4 Å². The molecule has 1 heterocycles. The number of carbonyl (C=O) groups is 2. The lowest BCUT2D eigenvalue weighted by Gasteiger charge is -2.28. The number of benzene rings is 4. The summed E-state index contributed by atoms with van der Waals surface area (Å²) in [6, 6.07) is 31.2. The van der Waals surface area contributed by atoms with Crippen LogP contribution in [-0.2, 0) is 17.6 Å². The molecule has 7 heteroatoms. The number of carbonyl (C=O) groups excluding carboxylic acids is 1. The van der Waals surface area contributed by atoms with E-state index in [0.29, 0.717) is 41.5 Å². The van der Waals surface area contributed by atoms with Crippen LogP contribution in [0.1, 0.15) is 51.9 Å². The third kappa shape index (κ3) is 6.77. The Hall–Kier alpha value is -4.29. The van der Waals surface area contributed by atoms with Crippen molar-refractivity contribution < 1.29 is 24.2 Å². The van der Waals surface area contributed by atoms with Gasteiger partial charge in [0.25, 0.3) is 5.91 Å². The van der Waals surface area contributed by atoms with Crippen molar-refractivity contribution in [2.45, 2.75) is 37.7 Å². The van der Waals surface area contributed by atoms with Crippen LogP contribution in [-0.4, -0.2) is 47.7 Å². The molecule has 5 rings (SSSR count). The van der Waals surface area contributed by atoms with Crippen molar-refractivity contribution in [3.05, 3.63) is 130 Å². The first-order valence-electron chi connectivity index (χ1n) is 14.0. The van der Waals surface area contributed by atoms with Crippen LogP contribution in [0.4, 0.5) is 0 Å². The number of methoxy groups -OCH3 is 1. The van der Waals surface area contributed by atoms with E-state index in [-0.39, 0.29) is 24.8 Å². The molecule has 0 spiro atoms. The number of aliphatic carboxylic acids is 1. The van der Waals surface area contributed by atoms with Crippen molar-refractivity contribution in [3.8, 4) is 11.5 Å². The molecule has 1 atom stereocenters. The summed E-state index contributed by atoms with van der Waals surface area (Å²) >= 11 is 6.07. The van der Waals surface area contributed by atoms with Gasteiger partial charge >= 0.3 is 5.97 Å². The Bertz CT molecular complexity index is 1500. The molecular weight excluding hydrogens is 550 g/mol. The van der Waals surface area contributed by atoms with Gasteiger partial charge in [0.2, 0.25) is 0 Å². The Labute approximate surface area is 251 Å². The number of halogens is 1. The number of carboxylic acid groups (broad SMARTS) is 1. The van der Waals surface area contributed by atoms with Gasteiger partial charge in [-0.15, -0.1) is 0 Å². The molecule has 0 aromatic heterocycles. The zero-order chi connectivity index (χ0) is 29.7. The maximum absolute atomic E-state index is 14.1. The predicted octanol–water partition coefficient (Wildman–Crippen LogP) is 7.03. The number of ether oxygens (including phenoxy) is 2. The molecule has 0 saturated heterocycles. The van der Waals surface area contributed by atoms with Gasteiger partial charge in [-0.2, -0.15) is 0 Å². The number of carboxylic acids is 1. The van der Waals surface area contributed by atoms with E-state index >= 15 is 0 Å². The number of hydrogen-bond donors (Lipinski definition) is 1. The summed E-state index contributed by atoms with van der Waals surface area (Å²) in [5.74, 6) is -0.222. The lowest BCUT2D eigenvalue weighted by molar-refractivity contribution is -0.137. The minimum absolute atomic E-state index is 0.0779. The second-order valence-electron chi connectivity index (χ2n) is 11.0. The van der Waals surface area contributed by atoms with Crippen LogP contribution < -0.4 is 9.47 Å². The van der Waals surface area contributed by atoms with Crippen LogP contribution in [0.2, 0.25) is 5.02 Å². The van der Waals surface area contributed by atoms with Crippen molar-refractivity contribution in [2.75, 3.05) is 20.2 Å². The highest BCUT2D eigenvalue weighted by Crippen LogP contribution is 2.44. The molecule has 4 aromatic rings. The zero-order valence-corrected chi connectivity index (χ0v) is 24.5. The van der Waals surface area contributed by atoms with Gasteiger partial charge in [0.1, 0.15) is 5.60 Å². The average Bonchev–Trinajstić information content (AvgIpc) is 3.34. The molecule has 4 aromatic carbocycles. The van der Waals surface area contributed by atoms with Crippen LogP contribution in [0.15, 0.2) is 97.1 Å². The molecule has 1 aliphatic rings. The number of fused-ring (bicyclic) bond motifs is 1. The first-order chi connectivity index (χ1) is 20.2. The van der Waals surface area contributed by atoms with Gasteiger partial charge in [0.05, 0.1) is 13.5 Å². The SMILES string of the molecule is COc1cc(C(=O)N(CCC(=O)O)CC(c2ccccc2)c2ccccc2)cc2c1O[C@](C)(Cc1ccc(Cl)cc1)C2. The summed E-state index contributed by atoms with van der Waals surface area (Å²) in [7, 11) is 1.56. The van der Waals surface area contributed by atoms with Crippen LogP contribution >= 0.6 is 11.6 Å². The van der Waals surface area contributed by atoms with E-state index in [0.717, 1.165) is 22.3 Å². The normalized spacial score (nSPS) is 15.6. The lowest BCUT2D eigenvalue weighted by atomic mass is 9.90. The molecule has 0 bridgehead atoms. The highest BCUT2D eigenvalue weighted by atomic mass is 35.5. The maximum Gasteiger partial charge on any atom is 0.305 e. The van der Waals surface area contributed by atoms with Crippen LogP contribution in [0, 0.1) is 0 Å². The summed E-state index contributed by atoms with van der Waals surface area (Å²) in [5.41, 5.74) is 3.99. The van der Waals surface area contributed by atoms with Gasteiger partial charge in [-0.3, -0.25) is 9.59 Å². The number of amides is 1. The average molecular weight is 584 g/mol. The monoisotopic (exact) mass is 583 g/mol. The highest BCUT2D eigenvalue weighted by Gasteiger charge is 2.38. The first-order valence-corrected chi connectivity index (χ1v) is 14.4. The van der Waals surface area contributed by atoms with Gasteiger partial charge in [0, 0.05) is 48.0 Å². The number of nitrogens with zero attached hydrogens (tertiary/aromatic N) is 1. The molecular formula is C35H34ClNO5. The van der Waals surface area contributed by atoms with Crippen molar-refractivity contribution in [1.29, 1.82) is 0 Å². The molecule has 0 radical (unpaired) electrons. The Morgan fingerprint density at radius 2 is 1.60 bits per heavy atom. The van der Waals surface area contributed by atoms with Crippen molar-refractivity contribution in [2.24, 2.45) is 0 Å². The first kappa shape index (κ1) is 29.2. The molecule has 1 amide bonds. The van der Waals surface area contributed by atoms with E-state index in [1.165, 1.54) is 0 Å². The quantitative estimate of drug-likeness (QED) is 0.205. The van der Waals surface area contributed by atoms with Crippen LogP contribution in [0.25, 0.3) is 0 Å². The third-order valence-electron chi connectivity index (χ3n) is 7.69. The standard InChI is InChI=1S/C35H34ClNO5/c1-35(21-24-13-15-29(36)16-14-24)22-28-19-27(20-31(41-2)33(28)42-35)34(40)37(18-17-32(38)39)23-30(25-9-5-3-6-10-25)26-11-7-4-8-12-26/h3-16,19-20,30H,17-18,21-23H2,1-2H3,(H,38,39)/t35-/m1/s1. The van der Waals surface area contributed by atoms with Gasteiger partial charge in [0.15, 0.2) is 11.5 Å². The summed E-state index contributed by atoms with van der Waals surface area (Å²) in [5, 5.41) is 10.2. The summed E-state index contributed by atoms with van der Waals surface area (Å²) < 4.78 is 12.1. The summed E-state index contributed by atoms with van der Waals surface area (Å²) in [6.45, 7) is 2.45. The smallest absolute Gasteiger partial charge is 0.305 e. The largest absolute Gasteiger partial charge is 0.493 e. The van der Waals surface area contributed by atoms with Crippen molar-refractivity contribution in [1.82, 2.24) is 4.90 Å². The molecule has 0 aliphatic carbocycles. The number of hydrogen-bond acceptors (Lipinski definition) is 4. The Morgan fingerprint density at radius 1 is 0.976 bits per heavy atom. The van der Waals surface area contributed by atoms with Crippen molar-refractivity contribution >= 4 is 23.5 Å². The lowest BCUT2D eigenvalue weighted by Crippen LogP contribution is -2.37. The van der Waals surface area contributed by atoms with E-state index in [4.69, 9.17) is 21.1 Å². The topological polar surface area (TPSA) is 76.1 Å². The maximum atomic E-state index is 14.1. The van der Waals surface area contributed by atoms with Crippen LogP contribution in [0.3, 0.4) is 0 Å². The molecule has 6 nitrogen and oxygen atoms in total. The fourth-order valence-corrected chi connectivity index (χ4v) is 5.81. The molecule has 1 aliphatic heterocycles. The highest BCUT2D eigenvalue weighted by molar-refractivity contribution is 6.30. The van der Waals surface area contributed by atoms with E-state index < -0.39 is 11.6 Å². The number of rotatable bonds is 11. The Balaban J connectivity index is 1.45. The van der Waals surface area contributed by atoms with Gasteiger partial charge in [-0.05, 0) is 47.9 Å². The van der Waals surface area contributed by atoms with Gasteiger partial charge < -0.3 is 19.5 Å².